The van der Waals surface area contributed by atoms with Gasteiger partial charge in [0.05, 0.1) is 11.3 Å². The maximum absolute atomic E-state index is 12.5. The molecule has 24 heavy (non-hydrogen) atoms. The normalized spacial score (nSPS) is 10.5. The fraction of sp³-hybridized carbons (Fsp3) is 0.111. The van der Waals surface area contributed by atoms with E-state index < -0.39 is 0 Å². The molecule has 0 aliphatic heterocycles. The standard InChI is InChI=1S/C18H17ClN4O/c1-12-16(17(19)23(2)22-12)18(24)21-15-10-6-9-14(11-15)20-13-7-4-3-5-8-13/h3-11,20H,1-2H3,(H,21,24). The molecule has 2 aromatic carbocycles. The van der Waals surface area contributed by atoms with Crippen LogP contribution in [0.1, 0.15) is 16.1 Å². The summed E-state index contributed by atoms with van der Waals surface area (Å²) in [7, 11) is 1.70. The summed E-state index contributed by atoms with van der Waals surface area (Å²) in [5, 5.41) is 10.6. The molecule has 1 amide bonds. The van der Waals surface area contributed by atoms with Crippen molar-refractivity contribution >= 4 is 34.6 Å². The highest BCUT2D eigenvalue weighted by Gasteiger charge is 2.19. The van der Waals surface area contributed by atoms with Gasteiger partial charge in [-0.3, -0.25) is 9.48 Å². The zero-order valence-corrected chi connectivity index (χ0v) is 14.1. The number of rotatable bonds is 4. The average Bonchev–Trinajstić information content (AvgIpc) is 2.81. The van der Waals surface area contributed by atoms with Crippen molar-refractivity contribution in [2.24, 2.45) is 7.05 Å². The number of carbonyl (C=O) groups excluding carboxylic acids is 1. The number of halogens is 1. The van der Waals surface area contributed by atoms with Gasteiger partial charge in [0.25, 0.3) is 5.91 Å². The predicted molar refractivity (Wildman–Crippen MR) is 97.1 cm³/mol. The SMILES string of the molecule is Cc1nn(C)c(Cl)c1C(=O)Nc1cccc(Nc2ccccc2)c1. The molecular weight excluding hydrogens is 324 g/mol. The van der Waals surface area contributed by atoms with E-state index in [9.17, 15) is 4.79 Å². The average molecular weight is 341 g/mol. The van der Waals surface area contributed by atoms with E-state index in [4.69, 9.17) is 11.6 Å². The lowest BCUT2D eigenvalue weighted by molar-refractivity contribution is 0.102. The highest BCUT2D eigenvalue weighted by molar-refractivity contribution is 6.33. The molecule has 0 saturated carbocycles. The van der Waals surface area contributed by atoms with Gasteiger partial charge in [-0.1, -0.05) is 35.9 Å². The molecule has 0 aliphatic rings. The van der Waals surface area contributed by atoms with Crippen molar-refractivity contribution in [1.29, 1.82) is 0 Å². The Morgan fingerprint density at radius 2 is 1.71 bits per heavy atom. The van der Waals surface area contributed by atoms with Crippen LogP contribution in [-0.2, 0) is 7.05 Å². The zero-order valence-electron chi connectivity index (χ0n) is 13.4. The molecule has 2 N–H and O–H groups in total. The van der Waals surface area contributed by atoms with Gasteiger partial charge in [0.1, 0.15) is 5.15 Å². The summed E-state index contributed by atoms with van der Waals surface area (Å²) >= 11 is 6.14. The van der Waals surface area contributed by atoms with Crippen molar-refractivity contribution in [3.8, 4) is 0 Å². The largest absolute Gasteiger partial charge is 0.355 e. The molecule has 6 heteroatoms. The molecule has 0 atom stereocenters. The predicted octanol–water partition coefficient (Wildman–Crippen LogP) is 4.38. The van der Waals surface area contributed by atoms with Gasteiger partial charge in [-0.05, 0) is 37.3 Å². The Morgan fingerprint density at radius 3 is 2.38 bits per heavy atom. The smallest absolute Gasteiger partial charge is 0.260 e. The Kier molecular flexibility index (Phi) is 4.53. The second-order valence-electron chi connectivity index (χ2n) is 5.40. The molecule has 0 aliphatic carbocycles. The maximum Gasteiger partial charge on any atom is 0.260 e. The molecule has 0 bridgehead atoms. The van der Waals surface area contributed by atoms with Crippen molar-refractivity contribution in [1.82, 2.24) is 9.78 Å². The fourth-order valence-corrected chi connectivity index (χ4v) is 2.70. The van der Waals surface area contributed by atoms with Crippen LogP contribution < -0.4 is 10.6 Å². The number of benzene rings is 2. The minimum Gasteiger partial charge on any atom is -0.355 e. The molecule has 1 heterocycles. The van der Waals surface area contributed by atoms with E-state index in [-0.39, 0.29) is 5.91 Å². The van der Waals surface area contributed by atoms with Crippen LogP contribution >= 0.6 is 11.6 Å². The molecule has 5 nitrogen and oxygen atoms in total. The summed E-state index contributed by atoms with van der Waals surface area (Å²) in [5.41, 5.74) is 3.53. The van der Waals surface area contributed by atoms with Gasteiger partial charge in [-0.25, -0.2) is 0 Å². The maximum atomic E-state index is 12.5. The Morgan fingerprint density at radius 1 is 1.04 bits per heavy atom. The monoisotopic (exact) mass is 340 g/mol. The molecule has 0 fully saturated rings. The summed E-state index contributed by atoms with van der Waals surface area (Å²) in [4.78, 5) is 12.5. The Labute approximate surface area is 145 Å². The summed E-state index contributed by atoms with van der Waals surface area (Å²) in [6.07, 6.45) is 0. The van der Waals surface area contributed by atoms with E-state index in [0.29, 0.717) is 22.1 Å². The second-order valence-corrected chi connectivity index (χ2v) is 5.76. The first kappa shape index (κ1) is 16.1. The Balaban J connectivity index is 1.78. The lowest BCUT2D eigenvalue weighted by Gasteiger charge is -2.09. The Hall–Kier alpha value is -2.79. The third kappa shape index (κ3) is 3.41. The summed E-state index contributed by atoms with van der Waals surface area (Å²) in [5.74, 6) is -0.275. The van der Waals surface area contributed by atoms with Crippen molar-refractivity contribution in [2.75, 3.05) is 10.6 Å². The molecule has 0 spiro atoms. The third-order valence-corrected chi connectivity index (χ3v) is 4.00. The van der Waals surface area contributed by atoms with Crippen LogP contribution in [0.2, 0.25) is 5.15 Å². The second kappa shape index (κ2) is 6.76. The lowest BCUT2D eigenvalue weighted by atomic mass is 10.2. The number of para-hydroxylation sites is 1. The van der Waals surface area contributed by atoms with Gasteiger partial charge >= 0.3 is 0 Å². The minimum atomic E-state index is -0.275. The number of anilines is 3. The number of amides is 1. The molecule has 0 saturated heterocycles. The number of nitrogens with one attached hydrogen (secondary N) is 2. The molecule has 3 aromatic rings. The number of aromatic nitrogens is 2. The van der Waals surface area contributed by atoms with Crippen molar-refractivity contribution in [3.05, 3.63) is 71.0 Å². The van der Waals surface area contributed by atoms with Gasteiger partial charge in [-0.15, -0.1) is 0 Å². The van der Waals surface area contributed by atoms with Crippen molar-refractivity contribution < 1.29 is 4.79 Å². The molecule has 0 unspecified atom stereocenters. The minimum absolute atomic E-state index is 0.275. The van der Waals surface area contributed by atoms with Crippen LogP contribution in [0.15, 0.2) is 54.6 Å². The number of hydrogen-bond acceptors (Lipinski definition) is 3. The van der Waals surface area contributed by atoms with Crippen LogP contribution in [0.25, 0.3) is 0 Å². The van der Waals surface area contributed by atoms with Crippen LogP contribution in [0, 0.1) is 6.92 Å². The molecule has 0 radical (unpaired) electrons. The van der Waals surface area contributed by atoms with Gasteiger partial charge in [-0.2, -0.15) is 5.10 Å². The van der Waals surface area contributed by atoms with E-state index in [2.05, 4.69) is 15.7 Å². The first-order chi connectivity index (χ1) is 11.5. The van der Waals surface area contributed by atoms with Gasteiger partial charge in [0.2, 0.25) is 0 Å². The van der Waals surface area contributed by atoms with Crippen LogP contribution in [0.3, 0.4) is 0 Å². The van der Waals surface area contributed by atoms with E-state index in [1.54, 1.807) is 14.0 Å². The number of hydrogen-bond donors (Lipinski definition) is 2. The van der Waals surface area contributed by atoms with Gasteiger partial charge in [0, 0.05) is 24.1 Å². The van der Waals surface area contributed by atoms with Crippen LogP contribution in [0.5, 0.6) is 0 Å². The fourth-order valence-electron chi connectivity index (χ4n) is 2.44. The first-order valence-electron chi connectivity index (χ1n) is 7.47. The summed E-state index contributed by atoms with van der Waals surface area (Å²) < 4.78 is 1.49. The first-order valence-corrected chi connectivity index (χ1v) is 7.85. The van der Waals surface area contributed by atoms with E-state index in [1.807, 2.05) is 54.6 Å². The molecule has 122 valence electrons. The van der Waals surface area contributed by atoms with E-state index >= 15 is 0 Å². The number of aryl methyl sites for hydroxylation is 2. The van der Waals surface area contributed by atoms with Crippen molar-refractivity contribution in [2.45, 2.75) is 6.92 Å². The molecular formula is C18H17ClN4O. The molecule has 3 rings (SSSR count). The number of nitrogens with zero attached hydrogens (tertiary/aromatic N) is 2. The summed E-state index contributed by atoms with van der Waals surface area (Å²) in [6, 6.07) is 17.3. The Bertz CT molecular complexity index is 874. The third-order valence-electron chi connectivity index (χ3n) is 3.56. The van der Waals surface area contributed by atoms with Crippen molar-refractivity contribution in [3.63, 3.8) is 0 Å². The highest BCUT2D eigenvalue weighted by atomic mass is 35.5. The van der Waals surface area contributed by atoms with Gasteiger partial charge in [0.15, 0.2) is 0 Å². The summed E-state index contributed by atoms with van der Waals surface area (Å²) in [6.45, 7) is 1.76. The lowest BCUT2D eigenvalue weighted by Crippen LogP contribution is -2.13. The zero-order chi connectivity index (χ0) is 17.1. The van der Waals surface area contributed by atoms with E-state index in [0.717, 1.165) is 11.4 Å². The topological polar surface area (TPSA) is 59.0 Å². The quantitative estimate of drug-likeness (QED) is 0.741. The van der Waals surface area contributed by atoms with Gasteiger partial charge < -0.3 is 10.6 Å². The highest BCUT2D eigenvalue weighted by Crippen LogP contribution is 2.23. The van der Waals surface area contributed by atoms with Crippen LogP contribution in [-0.4, -0.2) is 15.7 Å². The number of carbonyl (C=O) groups is 1. The van der Waals surface area contributed by atoms with E-state index in [1.165, 1.54) is 4.68 Å². The molecule has 1 aromatic heterocycles. The van der Waals surface area contributed by atoms with Crippen LogP contribution in [0.4, 0.5) is 17.1 Å².